The minimum absolute atomic E-state index is 0.389. The van der Waals surface area contributed by atoms with Gasteiger partial charge in [-0.05, 0) is 17.2 Å². The summed E-state index contributed by atoms with van der Waals surface area (Å²) in [6.07, 6.45) is -0.351. The highest BCUT2D eigenvalue weighted by molar-refractivity contribution is 5.91. The van der Waals surface area contributed by atoms with Crippen molar-refractivity contribution < 1.29 is 14.6 Å². The van der Waals surface area contributed by atoms with Crippen LogP contribution in [0.2, 0.25) is 0 Å². The van der Waals surface area contributed by atoms with Gasteiger partial charge in [-0.25, -0.2) is 4.79 Å². The number of nitrogens with two attached hydrogens (primary N) is 1. The lowest BCUT2D eigenvalue weighted by Crippen LogP contribution is -2.29. The van der Waals surface area contributed by atoms with Crippen molar-refractivity contribution in [2.75, 3.05) is 7.11 Å². The molecule has 2 rings (SSSR count). The van der Waals surface area contributed by atoms with Crippen LogP contribution in [-0.2, 0) is 11.2 Å². The van der Waals surface area contributed by atoms with Crippen LogP contribution >= 0.6 is 0 Å². The van der Waals surface area contributed by atoms with Gasteiger partial charge in [-0.3, -0.25) is 0 Å². The molecule has 0 aromatic heterocycles. The van der Waals surface area contributed by atoms with Gasteiger partial charge in [0, 0.05) is 6.42 Å². The molecule has 0 heterocycles. The van der Waals surface area contributed by atoms with E-state index in [1.165, 1.54) is 7.11 Å². The number of aliphatic hydroxyl groups excluding tert-OH is 1. The van der Waals surface area contributed by atoms with E-state index in [0.717, 1.165) is 5.56 Å². The van der Waals surface area contributed by atoms with Gasteiger partial charge < -0.3 is 15.6 Å². The maximum absolute atomic E-state index is 11.8. The first-order chi connectivity index (χ1) is 10.1. The molecular formula is C17H19NO3. The zero-order valence-electron chi connectivity index (χ0n) is 11.9. The lowest BCUT2D eigenvalue weighted by molar-refractivity contribution is 0.0597. The van der Waals surface area contributed by atoms with Crippen LogP contribution in [0.5, 0.6) is 0 Å². The van der Waals surface area contributed by atoms with E-state index in [1.54, 1.807) is 24.3 Å². The zero-order valence-corrected chi connectivity index (χ0v) is 11.9. The van der Waals surface area contributed by atoms with Gasteiger partial charge in [-0.15, -0.1) is 0 Å². The molecule has 110 valence electrons. The van der Waals surface area contributed by atoms with Gasteiger partial charge in [-0.1, -0.05) is 48.5 Å². The van der Waals surface area contributed by atoms with Gasteiger partial charge in [-0.2, -0.15) is 0 Å². The van der Waals surface area contributed by atoms with Crippen LogP contribution in [0.15, 0.2) is 54.6 Å². The minimum atomic E-state index is -0.779. The van der Waals surface area contributed by atoms with E-state index in [1.807, 2.05) is 30.3 Å². The number of benzene rings is 2. The average Bonchev–Trinajstić information content (AvgIpc) is 2.54. The van der Waals surface area contributed by atoms with Crippen molar-refractivity contribution in [2.24, 2.45) is 5.73 Å². The Labute approximate surface area is 124 Å². The van der Waals surface area contributed by atoms with E-state index in [4.69, 9.17) is 10.5 Å². The van der Waals surface area contributed by atoms with Crippen molar-refractivity contribution >= 4 is 5.97 Å². The molecule has 21 heavy (non-hydrogen) atoms. The van der Waals surface area contributed by atoms with Crippen LogP contribution in [0.3, 0.4) is 0 Å². The topological polar surface area (TPSA) is 72.5 Å². The maximum atomic E-state index is 11.8. The van der Waals surface area contributed by atoms with Crippen LogP contribution in [0.25, 0.3) is 0 Å². The van der Waals surface area contributed by atoms with E-state index < -0.39 is 18.1 Å². The molecule has 0 spiro atoms. The normalized spacial score (nSPS) is 13.5. The molecule has 0 radical (unpaired) electrons. The first-order valence-corrected chi connectivity index (χ1v) is 6.78. The number of esters is 1. The molecule has 0 fully saturated rings. The Balaban J connectivity index is 2.19. The van der Waals surface area contributed by atoms with Crippen LogP contribution in [-0.4, -0.2) is 24.3 Å². The summed E-state index contributed by atoms with van der Waals surface area (Å²) in [6.45, 7) is 0. The number of carbonyl (C=O) groups is 1. The highest BCUT2D eigenvalue weighted by Gasteiger charge is 2.22. The summed E-state index contributed by atoms with van der Waals surface area (Å²) in [5.41, 5.74) is 8.10. The Morgan fingerprint density at radius 1 is 1.14 bits per heavy atom. The van der Waals surface area contributed by atoms with E-state index in [-0.39, 0.29) is 0 Å². The summed E-state index contributed by atoms with van der Waals surface area (Å²) in [4.78, 5) is 11.8. The van der Waals surface area contributed by atoms with Crippen LogP contribution in [0.4, 0.5) is 0 Å². The van der Waals surface area contributed by atoms with E-state index in [2.05, 4.69) is 0 Å². The minimum Gasteiger partial charge on any atom is -0.465 e. The Kier molecular flexibility index (Phi) is 5.09. The third-order valence-corrected chi connectivity index (χ3v) is 3.43. The first-order valence-electron chi connectivity index (χ1n) is 6.78. The predicted molar refractivity (Wildman–Crippen MR) is 80.9 cm³/mol. The highest BCUT2D eigenvalue weighted by Crippen LogP contribution is 2.22. The Morgan fingerprint density at radius 2 is 1.76 bits per heavy atom. The van der Waals surface area contributed by atoms with Gasteiger partial charge in [0.05, 0.1) is 24.8 Å². The van der Waals surface area contributed by atoms with Crippen molar-refractivity contribution in [1.82, 2.24) is 0 Å². The average molecular weight is 285 g/mol. The standard InChI is InChI=1S/C17H19NO3/c1-21-17(20)14-10-6-5-9-13(14)16(18)15(19)11-12-7-3-2-4-8-12/h2-10,15-16,19H,11,18H2,1H3/t15-,16+/m0/s1. The van der Waals surface area contributed by atoms with Crippen LogP contribution in [0, 0.1) is 0 Å². The molecule has 0 amide bonds. The molecule has 0 bridgehead atoms. The molecule has 0 aliphatic rings. The largest absolute Gasteiger partial charge is 0.465 e. The third-order valence-electron chi connectivity index (χ3n) is 3.43. The van der Waals surface area contributed by atoms with Crippen molar-refractivity contribution in [1.29, 1.82) is 0 Å². The summed E-state index contributed by atoms with van der Waals surface area (Å²) in [5.74, 6) is -0.451. The Hall–Kier alpha value is -2.17. The second-order valence-electron chi connectivity index (χ2n) is 4.86. The monoisotopic (exact) mass is 285 g/mol. The van der Waals surface area contributed by atoms with Crippen molar-refractivity contribution in [3.8, 4) is 0 Å². The van der Waals surface area contributed by atoms with E-state index >= 15 is 0 Å². The van der Waals surface area contributed by atoms with Crippen LogP contribution in [0.1, 0.15) is 27.5 Å². The molecule has 3 N–H and O–H groups in total. The lowest BCUT2D eigenvalue weighted by atomic mass is 9.93. The van der Waals surface area contributed by atoms with E-state index in [9.17, 15) is 9.90 Å². The second-order valence-corrected chi connectivity index (χ2v) is 4.86. The molecule has 4 heteroatoms. The number of methoxy groups -OCH3 is 1. The molecule has 0 saturated heterocycles. The molecular weight excluding hydrogens is 266 g/mol. The summed E-state index contributed by atoms with van der Waals surface area (Å²) in [7, 11) is 1.32. The molecule has 4 nitrogen and oxygen atoms in total. The summed E-state index contributed by atoms with van der Waals surface area (Å²) < 4.78 is 4.75. The molecule has 0 saturated carbocycles. The number of aliphatic hydroxyl groups is 1. The smallest absolute Gasteiger partial charge is 0.338 e. The fraction of sp³-hybridized carbons (Fsp3) is 0.235. The second kappa shape index (κ2) is 7.02. The summed E-state index contributed by atoms with van der Waals surface area (Å²) in [5, 5.41) is 10.3. The number of hydrogen-bond donors (Lipinski definition) is 2. The molecule has 2 aromatic rings. The molecule has 0 unspecified atom stereocenters. The molecule has 0 aliphatic carbocycles. The van der Waals surface area contributed by atoms with Gasteiger partial charge >= 0.3 is 5.97 Å². The number of carbonyl (C=O) groups excluding carboxylic acids is 1. The van der Waals surface area contributed by atoms with Crippen molar-refractivity contribution in [3.63, 3.8) is 0 Å². The number of rotatable bonds is 5. The summed E-state index contributed by atoms with van der Waals surface area (Å²) in [6, 6.07) is 15.9. The molecule has 0 aliphatic heterocycles. The van der Waals surface area contributed by atoms with E-state index in [0.29, 0.717) is 17.5 Å². The quantitative estimate of drug-likeness (QED) is 0.825. The number of hydrogen-bond acceptors (Lipinski definition) is 4. The van der Waals surface area contributed by atoms with Crippen molar-refractivity contribution in [3.05, 3.63) is 71.3 Å². The van der Waals surface area contributed by atoms with Crippen molar-refractivity contribution in [2.45, 2.75) is 18.6 Å². The van der Waals surface area contributed by atoms with Crippen LogP contribution < -0.4 is 5.73 Å². The number of ether oxygens (including phenoxy) is 1. The third kappa shape index (κ3) is 3.68. The fourth-order valence-electron chi connectivity index (χ4n) is 2.27. The first kappa shape index (κ1) is 15.2. The zero-order chi connectivity index (χ0) is 15.2. The Bertz CT molecular complexity index is 598. The Morgan fingerprint density at radius 3 is 2.43 bits per heavy atom. The predicted octanol–water partition coefficient (Wildman–Crippen LogP) is 2.08. The van der Waals surface area contributed by atoms with Gasteiger partial charge in [0.1, 0.15) is 0 Å². The van der Waals surface area contributed by atoms with Gasteiger partial charge in [0.15, 0.2) is 0 Å². The lowest BCUT2D eigenvalue weighted by Gasteiger charge is -2.21. The van der Waals surface area contributed by atoms with Gasteiger partial charge in [0.2, 0.25) is 0 Å². The summed E-state index contributed by atoms with van der Waals surface area (Å²) >= 11 is 0. The molecule has 2 atom stereocenters. The SMILES string of the molecule is COC(=O)c1ccccc1[C@@H](N)[C@@H](O)Cc1ccccc1. The fourth-order valence-corrected chi connectivity index (χ4v) is 2.27. The van der Waals surface area contributed by atoms with Gasteiger partial charge in [0.25, 0.3) is 0 Å². The molecule has 2 aromatic carbocycles. The maximum Gasteiger partial charge on any atom is 0.338 e. The highest BCUT2D eigenvalue weighted by atomic mass is 16.5.